The van der Waals surface area contributed by atoms with E-state index in [1.807, 2.05) is 19.0 Å². The Labute approximate surface area is 166 Å². The summed E-state index contributed by atoms with van der Waals surface area (Å²) >= 11 is 6.08. The lowest BCUT2D eigenvalue weighted by Gasteiger charge is -2.16. The lowest BCUT2D eigenvalue weighted by atomic mass is 10.0. The van der Waals surface area contributed by atoms with Crippen molar-refractivity contribution < 1.29 is 23.1 Å². The van der Waals surface area contributed by atoms with Crippen LogP contribution in [0.4, 0.5) is 18.9 Å². The quantitative estimate of drug-likeness (QED) is 0.700. The Bertz CT molecular complexity index is 867. The molecule has 28 heavy (non-hydrogen) atoms. The fourth-order valence-corrected chi connectivity index (χ4v) is 2.98. The molecule has 0 bridgehead atoms. The van der Waals surface area contributed by atoms with Crippen molar-refractivity contribution in [3.63, 3.8) is 0 Å². The largest absolute Gasteiger partial charge is 0.507 e. The number of amides is 1. The van der Waals surface area contributed by atoms with Gasteiger partial charge in [-0.05, 0) is 68.4 Å². The molecule has 0 aromatic heterocycles. The molecule has 2 aromatic carbocycles. The number of likely N-dealkylation sites (N-methyl/N-ethyl adjacent to an activating group) is 1. The summed E-state index contributed by atoms with van der Waals surface area (Å²) in [4.78, 5) is 14.6. The van der Waals surface area contributed by atoms with Gasteiger partial charge in [-0.25, -0.2) is 0 Å². The van der Waals surface area contributed by atoms with Crippen molar-refractivity contribution in [3.05, 3.63) is 57.6 Å². The molecular weight excluding hydrogens is 393 g/mol. The zero-order chi connectivity index (χ0) is 21.1. The Morgan fingerprint density at radius 3 is 2.43 bits per heavy atom. The summed E-state index contributed by atoms with van der Waals surface area (Å²) in [6, 6.07) is 6.06. The zero-order valence-corrected chi connectivity index (χ0v) is 16.6. The lowest BCUT2D eigenvalue weighted by molar-refractivity contribution is -0.137. The molecule has 0 spiro atoms. The van der Waals surface area contributed by atoms with Gasteiger partial charge in [0.1, 0.15) is 5.75 Å². The lowest BCUT2D eigenvalue weighted by Crippen LogP contribution is -2.17. The van der Waals surface area contributed by atoms with Crippen LogP contribution in [-0.4, -0.2) is 36.6 Å². The number of nitrogens with one attached hydrogen (secondary N) is 1. The molecule has 1 amide bonds. The van der Waals surface area contributed by atoms with E-state index in [0.717, 1.165) is 12.1 Å². The summed E-state index contributed by atoms with van der Waals surface area (Å²) in [5, 5.41) is 13.3. The molecular formula is C20H22ClF3N2O2. The monoisotopic (exact) mass is 414 g/mol. The van der Waals surface area contributed by atoms with Gasteiger partial charge in [0.15, 0.2) is 0 Å². The van der Waals surface area contributed by atoms with Crippen LogP contribution in [0.25, 0.3) is 0 Å². The highest BCUT2D eigenvalue weighted by Gasteiger charge is 2.31. The Morgan fingerprint density at radius 1 is 1.18 bits per heavy atom. The molecule has 0 heterocycles. The van der Waals surface area contributed by atoms with E-state index in [0.29, 0.717) is 35.5 Å². The Hall–Kier alpha value is -2.25. The topological polar surface area (TPSA) is 52.6 Å². The molecule has 4 nitrogen and oxygen atoms in total. The first kappa shape index (κ1) is 22.0. The van der Waals surface area contributed by atoms with Gasteiger partial charge in [-0.15, -0.1) is 0 Å². The average Bonchev–Trinajstić information content (AvgIpc) is 2.61. The van der Waals surface area contributed by atoms with E-state index in [9.17, 15) is 23.1 Å². The number of carbonyl (C=O) groups excluding carboxylic acids is 1. The van der Waals surface area contributed by atoms with E-state index in [2.05, 4.69) is 5.32 Å². The van der Waals surface area contributed by atoms with Crippen molar-refractivity contribution in [2.75, 3.05) is 26.0 Å². The molecule has 0 aliphatic heterocycles. The van der Waals surface area contributed by atoms with Crippen molar-refractivity contribution in [1.82, 2.24) is 4.90 Å². The third kappa shape index (κ3) is 5.39. The number of phenolic OH excluding ortho intramolecular Hbond substituents is 1. The molecule has 2 aromatic rings. The third-order valence-corrected chi connectivity index (χ3v) is 4.51. The molecule has 0 fully saturated rings. The number of alkyl halides is 3. The maximum atomic E-state index is 12.9. The standard InChI is InChI=1S/C20H22ClF3N2O2/c1-4-12-9-14(20(22,23)24)5-6-17(12)25-19(28)16-11-15(21)10-13(18(16)27)7-8-26(2)3/h5-6,9-11,27H,4,7-8H2,1-3H3,(H,25,28). The number of aromatic hydroxyl groups is 1. The minimum absolute atomic E-state index is 0.0248. The number of phenols is 1. The van der Waals surface area contributed by atoms with Crippen LogP contribution in [-0.2, 0) is 19.0 Å². The van der Waals surface area contributed by atoms with Crippen LogP contribution in [0, 0.1) is 0 Å². The van der Waals surface area contributed by atoms with Gasteiger partial charge in [-0.2, -0.15) is 13.2 Å². The summed E-state index contributed by atoms with van der Waals surface area (Å²) in [5.74, 6) is -0.825. The van der Waals surface area contributed by atoms with Gasteiger partial charge in [0.25, 0.3) is 5.91 Å². The second kappa shape index (κ2) is 8.84. The van der Waals surface area contributed by atoms with E-state index in [4.69, 9.17) is 11.6 Å². The fourth-order valence-electron chi connectivity index (χ4n) is 2.74. The Kier molecular flexibility index (Phi) is 6.96. The van der Waals surface area contributed by atoms with Crippen molar-refractivity contribution in [1.29, 1.82) is 0 Å². The SMILES string of the molecule is CCc1cc(C(F)(F)F)ccc1NC(=O)c1cc(Cl)cc(CCN(C)C)c1O. The average molecular weight is 415 g/mol. The molecule has 0 aliphatic carbocycles. The number of rotatable bonds is 6. The van der Waals surface area contributed by atoms with Gasteiger partial charge in [0.2, 0.25) is 0 Å². The van der Waals surface area contributed by atoms with Crippen LogP contribution >= 0.6 is 11.6 Å². The normalized spacial score (nSPS) is 11.7. The van der Waals surface area contributed by atoms with Crippen molar-refractivity contribution >= 4 is 23.2 Å². The summed E-state index contributed by atoms with van der Waals surface area (Å²) in [6.07, 6.45) is -3.67. The Morgan fingerprint density at radius 2 is 1.86 bits per heavy atom. The highest BCUT2D eigenvalue weighted by Crippen LogP contribution is 2.33. The van der Waals surface area contributed by atoms with Gasteiger partial charge in [-0.3, -0.25) is 4.79 Å². The van der Waals surface area contributed by atoms with Gasteiger partial charge in [-0.1, -0.05) is 18.5 Å². The summed E-state index contributed by atoms with van der Waals surface area (Å²) in [6.45, 7) is 2.34. The fraction of sp³-hybridized carbons (Fsp3) is 0.350. The maximum Gasteiger partial charge on any atom is 0.416 e. The minimum Gasteiger partial charge on any atom is -0.507 e. The smallest absolute Gasteiger partial charge is 0.416 e. The first-order valence-electron chi connectivity index (χ1n) is 8.70. The number of anilines is 1. The minimum atomic E-state index is -4.46. The van der Waals surface area contributed by atoms with Crippen LogP contribution in [0.3, 0.4) is 0 Å². The van der Waals surface area contributed by atoms with E-state index >= 15 is 0 Å². The number of hydrogen-bond acceptors (Lipinski definition) is 3. The van der Waals surface area contributed by atoms with Crippen LogP contribution in [0.2, 0.25) is 5.02 Å². The van der Waals surface area contributed by atoms with Gasteiger partial charge in [0, 0.05) is 17.3 Å². The van der Waals surface area contributed by atoms with Gasteiger partial charge < -0.3 is 15.3 Å². The molecule has 2 rings (SSSR count). The van der Waals surface area contributed by atoms with Crippen molar-refractivity contribution in [3.8, 4) is 5.75 Å². The first-order valence-corrected chi connectivity index (χ1v) is 9.08. The van der Waals surface area contributed by atoms with Crippen LogP contribution < -0.4 is 5.32 Å². The number of carbonyl (C=O) groups is 1. The maximum absolute atomic E-state index is 12.9. The number of halogens is 4. The molecule has 0 saturated carbocycles. The van der Waals surface area contributed by atoms with Gasteiger partial charge >= 0.3 is 6.18 Å². The first-order chi connectivity index (χ1) is 13.0. The molecule has 0 atom stereocenters. The zero-order valence-electron chi connectivity index (χ0n) is 15.8. The van der Waals surface area contributed by atoms with Crippen molar-refractivity contribution in [2.24, 2.45) is 0 Å². The summed E-state index contributed by atoms with van der Waals surface area (Å²) < 4.78 is 38.7. The highest BCUT2D eigenvalue weighted by molar-refractivity contribution is 6.31. The molecule has 8 heteroatoms. The second-order valence-electron chi connectivity index (χ2n) is 6.69. The predicted octanol–water partition coefficient (Wildman–Crippen LogP) is 4.98. The van der Waals surface area contributed by atoms with Crippen LogP contribution in [0.1, 0.15) is 34.0 Å². The highest BCUT2D eigenvalue weighted by atomic mass is 35.5. The molecule has 0 saturated heterocycles. The molecule has 0 aliphatic rings. The third-order valence-electron chi connectivity index (χ3n) is 4.29. The summed E-state index contributed by atoms with van der Waals surface area (Å²) in [5.41, 5.74) is 0.323. The van der Waals surface area contributed by atoms with Crippen LogP contribution in [0.5, 0.6) is 5.75 Å². The van der Waals surface area contributed by atoms with E-state index in [1.165, 1.54) is 12.1 Å². The second-order valence-corrected chi connectivity index (χ2v) is 7.13. The number of nitrogens with zero attached hydrogens (tertiary/aromatic N) is 1. The molecule has 2 N–H and O–H groups in total. The molecule has 0 unspecified atom stereocenters. The van der Waals surface area contributed by atoms with E-state index < -0.39 is 17.6 Å². The molecule has 0 radical (unpaired) electrons. The number of benzene rings is 2. The number of hydrogen-bond donors (Lipinski definition) is 2. The van der Waals surface area contributed by atoms with Crippen LogP contribution in [0.15, 0.2) is 30.3 Å². The van der Waals surface area contributed by atoms with E-state index in [1.54, 1.807) is 13.0 Å². The predicted molar refractivity (Wildman–Crippen MR) is 104 cm³/mol. The van der Waals surface area contributed by atoms with Crippen molar-refractivity contribution in [2.45, 2.75) is 25.9 Å². The Balaban J connectivity index is 2.32. The van der Waals surface area contributed by atoms with Gasteiger partial charge in [0.05, 0.1) is 11.1 Å². The molecule has 152 valence electrons. The number of aryl methyl sites for hydroxylation is 1. The van der Waals surface area contributed by atoms with E-state index in [-0.39, 0.29) is 17.0 Å². The summed E-state index contributed by atoms with van der Waals surface area (Å²) in [7, 11) is 3.76.